The van der Waals surface area contributed by atoms with Crippen LogP contribution in [0.5, 0.6) is 0 Å². The number of hydrogen-bond acceptors (Lipinski definition) is 5. The van der Waals surface area contributed by atoms with E-state index in [0.29, 0.717) is 12.8 Å². The highest BCUT2D eigenvalue weighted by Gasteiger charge is 2.54. The molecule has 6 atom stereocenters. The minimum Gasteiger partial charge on any atom is -0.350 e. The summed E-state index contributed by atoms with van der Waals surface area (Å²) in [5.41, 5.74) is -1.23. The van der Waals surface area contributed by atoms with Crippen LogP contribution in [0.15, 0.2) is 0 Å². The second-order valence-corrected chi connectivity index (χ2v) is 12.5. The third kappa shape index (κ3) is 5.76. The van der Waals surface area contributed by atoms with E-state index in [4.69, 9.17) is 0 Å². The summed E-state index contributed by atoms with van der Waals surface area (Å²) in [5, 5.41) is 17.3. The van der Waals surface area contributed by atoms with Crippen LogP contribution in [0.1, 0.15) is 72.1 Å². The predicted octanol–water partition coefficient (Wildman–Crippen LogP) is 2.16. The van der Waals surface area contributed by atoms with Crippen LogP contribution < -0.4 is 16.0 Å². The summed E-state index contributed by atoms with van der Waals surface area (Å²) in [6.07, 6.45) is 0.636. The molecular formula is C26H36F3N5O4. The van der Waals surface area contributed by atoms with Crippen molar-refractivity contribution in [1.82, 2.24) is 20.9 Å². The lowest BCUT2D eigenvalue weighted by Crippen LogP contribution is -2.60. The monoisotopic (exact) mass is 539 g/mol. The molecule has 2 saturated heterocycles. The summed E-state index contributed by atoms with van der Waals surface area (Å²) < 4.78 is 39.2. The quantitative estimate of drug-likeness (QED) is 0.476. The number of hydrogen-bond donors (Lipinski definition) is 3. The summed E-state index contributed by atoms with van der Waals surface area (Å²) in [6.45, 7) is 4.85. The first kappa shape index (κ1) is 28.2. The number of likely N-dealkylation sites (tertiary alicyclic amines) is 1. The molecule has 3 N–H and O–H groups in total. The third-order valence-corrected chi connectivity index (χ3v) is 8.58. The molecule has 9 nitrogen and oxygen atoms in total. The second kappa shape index (κ2) is 10.0. The van der Waals surface area contributed by atoms with Gasteiger partial charge in [-0.1, -0.05) is 33.6 Å². The minimum absolute atomic E-state index is 0.00161. The third-order valence-electron chi connectivity index (χ3n) is 8.58. The van der Waals surface area contributed by atoms with Crippen molar-refractivity contribution in [2.45, 2.75) is 102 Å². The van der Waals surface area contributed by atoms with Crippen molar-refractivity contribution in [2.75, 3.05) is 6.54 Å². The molecule has 1 spiro atoms. The molecule has 4 rings (SSSR count). The molecule has 2 aliphatic heterocycles. The summed E-state index contributed by atoms with van der Waals surface area (Å²) in [6, 6.07) is -1.36. The van der Waals surface area contributed by atoms with Gasteiger partial charge in [0, 0.05) is 18.0 Å². The van der Waals surface area contributed by atoms with Crippen LogP contribution in [0.25, 0.3) is 0 Å². The molecule has 0 aromatic heterocycles. The van der Waals surface area contributed by atoms with Crippen molar-refractivity contribution in [2.24, 2.45) is 23.2 Å². The minimum atomic E-state index is -5.16. The highest BCUT2D eigenvalue weighted by Crippen LogP contribution is 2.46. The van der Waals surface area contributed by atoms with Crippen LogP contribution in [-0.4, -0.2) is 64.9 Å². The number of carbonyl (C=O) groups excluding carboxylic acids is 4. The van der Waals surface area contributed by atoms with Crippen molar-refractivity contribution in [1.29, 1.82) is 5.26 Å². The molecule has 4 amide bonds. The Balaban J connectivity index is 1.53. The Bertz CT molecular complexity index is 1030. The number of nitriles is 1. The van der Waals surface area contributed by atoms with E-state index in [-0.39, 0.29) is 36.2 Å². The summed E-state index contributed by atoms with van der Waals surface area (Å²) in [7, 11) is 0. The fraction of sp³-hybridized carbons (Fsp3) is 0.808. The van der Waals surface area contributed by atoms with E-state index >= 15 is 0 Å². The average molecular weight is 540 g/mol. The van der Waals surface area contributed by atoms with Crippen LogP contribution in [0.2, 0.25) is 0 Å². The first-order valence-electron chi connectivity index (χ1n) is 13.4. The normalized spacial score (nSPS) is 29.6. The number of amides is 4. The molecule has 4 aliphatic rings. The molecule has 2 aliphatic carbocycles. The summed E-state index contributed by atoms with van der Waals surface area (Å²) >= 11 is 0. The molecule has 0 bridgehead atoms. The van der Waals surface area contributed by atoms with Crippen molar-refractivity contribution < 1.29 is 32.3 Å². The van der Waals surface area contributed by atoms with E-state index in [1.54, 1.807) is 20.8 Å². The van der Waals surface area contributed by atoms with Gasteiger partial charge in [-0.25, -0.2) is 0 Å². The van der Waals surface area contributed by atoms with E-state index in [1.165, 1.54) is 4.90 Å². The fourth-order valence-electron chi connectivity index (χ4n) is 6.40. The summed E-state index contributed by atoms with van der Waals surface area (Å²) in [5.74, 6) is -4.23. The first-order chi connectivity index (χ1) is 17.6. The number of rotatable bonds is 6. The zero-order valence-corrected chi connectivity index (χ0v) is 22.0. The maximum atomic E-state index is 13.7. The number of alkyl halides is 3. The molecule has 2 heterocycles. The van der Waals surface area contributed by atoms with Gasteiger partial charge in [0.15, 0.2) is 0 Å². The van der Waals surface area contributed by atoms with Gasteiger partial charge in [0.05, 0.1) is 6.07 Å². The van der Waals surface area contributed by atoms with Gasteiger partial charge in [-0.05, 0) is 55.8 Å². The molecular weight excluding hydrogens is 503 g/mol. The molecule has 0 aromatic carbocycles. The van der Waals surface area contributed by atoms with Crippen LogP contribution in [0.3, 0.4) is 0 Å². The van der Waals surface area contributed by atoms with Crippen molar-refractivity contribution >= 4 is 23.6 Å². The van der Waals surface area contributed by atoms with Gasteiger partial charge in [0.25, 0.3) is 0 Å². The molecule has 0 aromatic rings. The largest absolute Gasteiger partial charge is 0.471 e. The number of carbonyl (C=O) groups is 4. The van der Waals surface area contributed by atoms with E-state index in [2.05, 4.69) is 16.7 Å². The van der Waals surface area contributed by atoms with Gasteiger partial charge < -0.3 is 20.9 Å². The number of nitrogens with zero attached hydrogens (tertiary/aromatic N) is 2. The highest BCUT2D eigenvalue weighted by atomic mass is 19.4. The Kier molecular flexibility index (Phi) is 7.45. The smallest absolute Gasteiger partial charge is 0.350 e. The SMILES string of the molecule is CC(C)(C)C(NC(=O)C(F)(F)F)C(=O)N1CC2CCCCC2C1C(=O)NC(C#N)CC1CC2(CC2)NC1=O. The van der Waals surface area contributed by atoms with Crippen LogP contribution in [0.4, 0.5) is 13.2 Å². The van der Waals surface area contributed by atoms with Crippen molar-refractivity contribution in [3.05, 3.63) is 0 Å². The molecule has 210 valence electrons. The Morgan fingerprint density at radius 2 is 1.82 bits per heavy atom. The topological polar surface area (TPSA) is 131 Å². The molecule has 12 heteroatoms. The van der Waals surface area contributed by atoms with Crippen LogP contribution >= 0.6 is 0 Å². The van der Waals surface area contributed by atoms with E-state index < -0.39 is 53.4 Å². The van der Waals surface area contributed by atoms with Gasteiger partial charge in [0.2, 0.25) is 17.7 Å². The Hall–Kier alpha value is -2.84. The van der Waals surface area contributed by atoms with Crippen LogP contribution in [0, 0.1) is 34.5 Å². The molecule has 0 radical (unpaired) electrons. The molecule has 4 fully saturated rings. The van der Waals surface area contributed by atoms with Gasteiger partial charge in [0.1, 0.15) is 18.1 Å². The van der Waals surface area contributed by atoms with E-state index in [9.17, 15) is 37.6 Å². The summed E-state index contributed by atoms with van der Waals surface area (Å²) in [4.78, 5) is 52.8. The van der Waals surface area contributed by atoms with E-state index in [0.717, 1.165) is 32.1 Å². The molecule has 2 saturated carbocycles. The van der Waals surface area contributed by atoms with Crippen molar-refractivity contribution in [3.8, 4) is 6.07 Å². The van der Waals surface area contributed by atoms with Crippen molar-refractivity contribution in [3.63, 3.8) is 0 Å². The Morgan fingerprint density at radius 3 is 2.37 bits per heavy atom. The zero-order chi connectivity index (χ0) is 28.0. The van der Waals surface area contributed by atoms with E-state index in [1.807, 2.05) is 5.32 Å². The number of nitrogens with one attached hydrogen (secondary N) is 3. The lowest BCUT2D eigenvalue weighted by molar-refractivity contribution is -0.176. The Labute approximate surface area is 220 Å². The maximum Gasteiger partial charge on any atom is 0.471 e. The predicted molar refractivity (Wildman–Crippen MR) is 129 cm³/mol. The van der Waals surface area contributed by atoms with Gasteiger partial charge in [-0.15, -0.1) is 0 Å². The fourth-order valence-corrected chi connectivity index (χ4v) is 6.40. The lowest BCUT2D eigenvalue weighted by atomic mass is 9.78. The highest BCUT2D eigenvalue weighted by molar-refractivity contribution is 5.94. The molecule has 6 unspecified atom stereocenters. The standard InChI is InChI=1S/C26H36F3N5O4/c1-24(2,3)19(32-23(38)26(27,28)29)22(37)34-13-14-6-4-5-7-17(14)18(34)21(36)31-16(12-30)10-15-11-25(8-9-25)33-20(15)35/h14-19H,4-11,13H2,1-3H3,(H,31,36)(H,32,38)(H,33,35). The lowest BCUT2D eigenvalue weighted by Gasteiger charge is -2.36. The Morgan fingerprint density at radius 1 is 1.16 bits per heavy atom. The number of halogens is 3. The van der Waals surface area contributed by atoms with Gasteiger partial charge in [-0.3, -0.25) is 19.2 Å². The second-order valence-electron chi connectivity index (χ2n) is 12.5. The zero-order valence-electron chi connectivity index (χ0n) is 22.0. The van der Waals surface area contributed by atoms with Gasteiger partial charge in [-0.2, -0.15) is 18.4 Å². The maximum absolute atomic E-state index is 13.7. The number of fused-ring (bicyclic) bond motifs is 1. The first-order valence-corrected chi connectivity index (χ1v) is 13.4. The van der Waals surface area contributed by atoms with Gasteiger partial charge >= 0.3 is 12.1 Å². The molecule has 38 heavy (non-hydrogen) atoms. The average Bonchev–Trinajstić information content (AvgIpc) is 3.34. The van der Waals surface area contributed by atoms with Crippen LogP contribution in [-0.2, 0) is 19.2 Å².